The van der Waals surface area contributed by atoms with Gasteiger partial charge in [0, 0.05) is 49.7 Å². The molecule has 3 aromatic rings. The van der Waals surface area contributed by atoms with Gasteiger partial charge in [-0.05, 0) is 56.4 Å². The Balaban J connectivity index is 1.26. The maximum absolute atomic E-state index is 11.9. The van der Waals surface area contributed by atoms with Gasteiger partial charge in [-0.2, -0.15) is 0 Å². The third-order valence-corrected chi connectivity index (χ3v) is 8.15. The number of likely N-dealkylation sites (tertiary alicyclic amines) is 2. The Hall–Kier alpha value is -3.87. The Morgan fingerprint density at radius 2 is 1.90 bits per heavy atom. The molecule has 0 aliphatic carbocycles. The first-order chi connectivity index (χ1) is 19.4. The molecule has 2 N–H and O–H groups in total. The lowest BCUT2D eigenvalue weighted by molar-refractivity contribution is -0.127. The Bertz CT molecular complexity index is 1470. The van der Waals surface area contributed by atoms with E-state index in [0.717, 1.165) is 72.6 Å². The molecule has 3 fully saturated rings. The maximum Gasteiger partial charge on any atom is 0.245 e. The van der Waals surface area contributed by atoms with Crippen LogP contribution >= 0.6 is 0 Å². The van der Waals surface area contributed by atoms with Gasteiger partial charge in [0.2, 0.25) is 5.91 Å². The van der Waals surface area contributed by atoms with Crippen molar-refractivity contribution in [1.29, 1.82) is 0 Å². The first kappa shape index (κ1) is 26.4. The van der Waals surface area contributed by atoms with Crippen LogP contribution in [0, 0.1) is 17.8 Å². The molecule has 9 heteroatoms. The summed E-state index contributed by atoms with van der Waals surface area (Å²) in [5.41, 5.74) is 10.1. The second-order valence-electron chi connectivity index (χ2n) is 11.1. The number of piperidine rings is 1. The second kappa shape index (κ2) is 11.0. The highest BCUT2D eigenvalue weighted by Gasteiger charge is 2.34. The Kier molecular flexibility index (Phi) is 7.22. The first-order valence-electron chi connectivity index (χ1n) is 14.1. The number of anilines is 1. The molecule has 0 saturated carbocycles. The molecule has 0 unspecified atom stereocenters. The molecular weight excluding hydrogens is 504 g/mol. The van der Waals surface area contributed by atoms with Crippen LogP contribution in [-0.4, -0.2) is 81.8 Å². The van der Waals surface area contributed by atoms with Crippen molar-refractivity contribution in [2.24, 2.45) is 5.92 Å². The molecule has 1 aromatic carbocycles. The summed E-state index contributed by atoms with van der Waals surface area (Å²) in [7, 11) is 0. The van der Waals surface area contributed by atoms with E-state index in [0.29, 0.717) is 31.0 Å². The summed E-state index contributed by atoms with van der Waals surface area (Å²) in [6, 6.07) is 8.73. The van der Waals surface area contributed by atoms with Gasteiger partial charge in [-0.25, -0.2) is 9.97 Å². The van der Waals surface area contributed by atoms with E-state index < -0.39 is 0 Å². The van der Waals surface area contributed by atoms with Crippen LogP contribution in [0.3, 0.4) is 0 Å². The zero-order valence-corrected chi connectivity index (χ0v) is 23.2. The monoisotopic (exact) mass is 540 g/mol. The zero-order chi connectivity index (χ0) is 27.8. The third kappa shape index (κ3) is 4.93. The summed E-state index contributed by atoms with van der Waals surface area (Å²) in [5, 5.41) is 0.831. The van der Waals surface area contributed by atoms with E-state index in [1.54, 1.807) is 0 Å². The minimum absolute atomic E-state index is 0.0302. The number of rotatable bonds is 6. The molecule has 6 rings (SSSR count). The highest BCUT2D eigenvalue weighted by atomic mass is 16.6. The Labute approximate surface area is 235 Å². The number of hydrogen-bond acceptors (Lipinski definition) is 7. The fraction of sp³-hybridized carbons (Fsp3) is 0.452. The molecule has 0 radical (unpaired) electrons. The molecule has 3 aliphatic heterocycles. The molecule has 0 atom stereocenters. The van der Waals surface area contributed by atoms with Gasteiger partial charge in [-0.1, -0.05) is 24.6 Å². The van der Waals surface area contributed by atoms with Gasteiger partial charge in [0.25, 0.3) is 0 Å². The van der Waals surface area contributed by atoms with Gasteiger partial charge in [0.15, 0.2) is 0 Å². The molecule has 1 amide bonds. The number of nitrogen functional groups attached to an aromatic ring is 1. The highest BCUT2D eigenvalue weighted by Crippen LogP contribution is 2.39. The van der Waals surface area contributed by atoms with Crippen LogP contribution in [0.15, 0.2) is 43.2 Å². The van der Waals surface area contributed by atoms with Gasteiger partial charge < -0.3 is 24.7 Å². The van der Waals surface area contributed by atoms with Crippen molar-refractivity contribution >= 4 is 22.8 Å². The summed E-state index contributed by atoms with van der Waals surface area (Å²) in [4.78, 5) is 25.3. The number of carbonyl (C=O) groups is 1. The molecule has 3 aliphatic rings. The molecule has 0 bridgehead atoms. The summed E-state index contributed by atoms with van der Waals surface area (Å²) in [6.45, 7) is 12.6. The number of nitrogens with two attached hydrogens (primary N) is 1. The minimum atomic E-state index is 0.0302. The second-order valence-corrected chi connectivity index (χ2v) is 11.1. The van der Waals surface area contributed by atoms with Crippen molar-refractivity contribution in [2.45, 2.75) is 44.9 Å². The lowest BCUT2D eigenvalue weighted by atomic mass is 9.93. The average molecular weight is 541 g/mol. The fourth-order valence-corrected chi connectivity index (χ4v) is 5.89. The predicted octanol–water partition coefficient (Wildman–Crippen LogP) is 3.50. The predicted molar refractivity (Wildman–Crippen MR) is 155 cm³/mol. The summed E-state index contributed by atoms with van der Waals surface area (Å²) >= 11 is 0. The standard InChI is InChI=1S/C31H36N6O3/c1-4-27(38)35-13-11-23(12-14-35)36-15-21(16-36)5-10-26-28(22-6-8-24(9-7-22)40-25-17-39-18-25)29-30(32)33-19-34-31(29)37(26)20(2)3/h4,6-9,19-21,23,25H,1,11-18H2,2-3H3,(H2,32,33,34). The normalized spacial score (nSPS) is 18.7. The van der Waals surface area contributed by atoms with Gasteiger partial charge >= 0.3 is 0 Å². The van der Waals surface area contributed by atoms with Crippen LogP contribution in [0.5, 0.6) is 5.75 Å². The minimum Gasteiger partial charge on any atom is -0.486 e. The molecule has 2 aromatic heterocycles. The quantitative estimate of drug-likeness (QED) is 0.377. The van der Waals surface area contributed by atoms with Crippen molar-refractivity contribution in [3.05, 3.63) is 48.9 Å². The maximum atomic E-state index is 11.9. The van der Waals surface area contributed by atoms with E-state index in [4.69, 9.17) is 15.2 Å². The van der Waals surface area contributed by atoms with E-state index in [9.17, 15) is 4.79 Å². The lowest BCUT2D eigenvalue weighted by Crippen LogP contribution is -2.55. The number of amides is 1. The van der Waals surface area contributed by atoms with Crippen LogP contribution in [0.2, 0.25) is 0 Å². The number of hydrogen-bond donors (Lipinski definition) is 1. The number of nitrogens with zero attached hydrogens (tertiary/aromatic N) is 5. The zero-order valence-electron chi connectivity index (χ0n) is 23.2. The van der Waals surface area contributed by atoms with E-state index in [1.165, 1.54) is 12.4 Å². The molecule has 0 spiro atoms. The van der Waals surface area contributed by atoms with Gasteiger partial charge in [-0.15, -0.1) is 0 Å². The molecule has 5 heterocycles. The summed E-state index contributed by atoms with van der Waals surface area (Å²) in [6.07, 6.45) is 5.04. The number of ether oxygens (including phenoxy) is 2. The van der Waals surface area contributed by atoms with E-state index in [-0.39, 0.29) is 18.1 Å². The van der Waals surface area contributed by atoms with Crippen molar-refractivity contribution in [1.82, 2.24) is 24.3 Å². The molecule has 3 saturated heterocycles. The number of fused-ring (bicyclic) bond motifs is 1. The Morgan fingerprint density at radius 1 is 1.18 bits per heavy atom. The summed E-state index contributed by atoms with van der Waals surface area (Å²) in [5.74, 6) is 8.70. The fourth-order valence-electron chi connectivity index (χ4n) is 5.89. The van der Waals surface area contributed by atoms with E-state index in [2.05, 4.69) is 63.8 Å². The van der Waals surface area contributed by atoms with Crippen molar-refractivity contribution in [3.63, 3.8) is 0 Å². The SMILES string of the molecule is C=CC(=O)N1CCC(N2CC(C#Cc3c(-c4ccc(OC5COC5)cc4)c4c(N)ncnc4n3C(C)C)C2)CC1. The van der Waals surface area contributed by atoms with Gasteiger partial charge in [0.05, 0.1) is 18.6 Å². The first-order valence-corrected chi connectivity index (χ1v) is 14.1. The smallest absolute Gasteiger partial charge is 0.245 e. The van der Waals surface area contributed by atoms with Crippen LogP contribution in [0.1, 0.15) is 38.4 Å². The largest absolute Gasteiger partial charge is 0.486 e. The van der Waals surface area contributed by atoms with E-state index >= 15 is 0 Å². The summed E-state index contributed by atoms with van der Waals surface area (Å²) < 4.78 is 13.4. The topological polar surface area (TPSA) is 98.7 Å². The van der Waals surface area contributed by atoms with E-state index in [1.807, 2.05) is 17.0 Å². The van der Waals surface area contributed by atoms with Crippen molar-refractivity contribution in [2.75, 3.05) is 45.1 Å². The van der Waals surface area contributed by atoms with Crippen LogP contribution in [0.25, 0.3) is 22.2 Å². The van der Waals surface area contributed by atoms with Crippen LogP contribution in [0.4, 0.5) is 5.82 Å². The number of benzene rings is 1. The van der Waals surface area contributed by atoms with Crippen molar-refractivity contribution < 1.29 is 14.3 Å². The van der Waals surface area contributed by atoms with Crippen LogP contribution in [-0.2, 0) is 9.53 Å². The average Bonchev–Trinajstić information content (AvgIpc) is 3.25. The number of carbonyl (C=O) groups excluding carboxylic acids is 1. The van der Waals surface area contributed by atoms with Crippen LogP contribution < -0.4 is 10.5 Å². The van der Waals surface area contributed by atoms with Crippen molar-refractivity contribution in [3.8, 4) is 28.7 Å². The number of aromatic nitrogens is 3. The molecule has 9 nitrogen and oxygen atoms in total. The third-order valence-electron chi connectivity index (χ3n) is 8.15. The van der Waals surface area contributed by atoms with Gasteiger partial charge in [0.1, 0.15) is 35.3 Å². The Morgan fingerprint density at radius 3 is 2.52 bits per heavy atom. The lowest BCUT2D eigenvalue weighted by Gasteiger charge is -2.45. The molecule has 40 heavy (non-hydrogen) atoms. The van der Waals surface area contributed by atoms with Gasteiger partial charge in [-0.3, -0.25) is 9.69 Å². The highest BCUT2D eigenvalue weighted by molar-refractivity contribution is 6.03. The molecule has 208 valence electrons. The molecular formula is C31H36N6O3.